The molecule has 1 aliphatic heterocycles. The summed E-state index contributed by atoms with van der Waals surface area (Å²) < 4.78 is 2.04. The van der Waals surface area contributed by atoms with Crippen molar-refractivity contribution in [2.24, 2.45) is 7.05 Å². The van der Waals surface area contributed by atoms with E-state index >= 15 is 0 Å². The van der Waals surface area contributed by atoms with Crippen molar-refractivity contribution in [2.75, 3.05) is 19.6 Å². The molecule has 0 radical (unpaired) electrons. The summed E-state index contributed by atoms with van der Waals surface area (Å²) in [5, 5.41) is 4.30. The van der Waals surface area contributed by atoms with E-state index in [4.69, 9.17) is 0 Å². The Bertz CT molecular complexity index is 912. The Kier molecular flexibility index (Phi) is 5.21. The smallest absolute Gasteiger partial charge is 0.251 e. The van der Waals surface area contributed by atoms with Gasteiger partial charge in [-0.05, 0) is 61.1 Å². The van der Waals surface area contributed by atoms with Crippen LogP contribution in [0.4, 0.5) is 0 Å². The summed E-state index contributed by atoms with van der Waals surface area (Å²) in [5.74, 6) is -0.0241. The van der Waals surface area contributed by atoms with E-state index in [1.807, 2.05) is 48.3 Å². The van der Waals surface area contributed by atoms with Crippen molar-refractivity contribution in [1.82, 2.24) is 19.8 Å². The predicted octanol–water partition coefficient (Wildman–Crippen LogP) is 3.53. The molecule has 27 heavy (non-hydrogen) atoms. The first kappa shape index (κ1) is 17.7. The number of fused-ring (bicyclic) bond motifs is 1. The molecule has 1 atom stereocenters. The average Bonchev–Trinajstić information content (AvgIpc) is 3.10. The van der Waals surface area contributed by atoms with Gasteiger partial charge in [0.05, 0.1) is 6.04 Å². The van der Waals surface area contributed by atoms with Gasteiger partial charge in [-0.1, -0.05) is 18.6 Å². The number of hydrogen-bond donors (Lipinski definition) is 1. The average molecular weight is 362 g/mol. The summed E-state index contributed by atoms with van der Waals surface area (Å²) in [4.78, 5) is 19.5. The largest absolute Gasteiger partial charge is 0.351 e. The lowest BCUT2D eigenvalue weighted by Gasteiger charge is -2.34. The van der Waals surface area contributed by atoms with Crippen LogP contribution in [0, 0.1) is 0 Å². The van der Waals surface area contributed by atoms with E-state index in [0.717, 1.165) is 29.6 Å². The lowest BCUT2D eigenvalue weighted by molar-refractivity contribution is 0.0924. The van der Waals surface area contributed by atoms with Gasteiger partial charge in [0, 0.05) is 43.3 Å². The van der Waals surface area contributed by atoms with Gasteiger partial charge in [0.2, 0.25) is 0 Å². The van der Waals surface area contributed by atoms with Gasteiger partial charge in [-0.3, -0.25) is 14.7 Å². The van der Waals surface area contributed by atoms with Crippen LogP contribution in [-0.4, -0.2) is 40.0 Å². The van der Waals surface area contributed by atoms with Gasteiger partial charge in [0.25, 0.3) is 5.91 Å². The first-order valence-electron chi connectivity index (χ1n) is 9.69. The van der Waals surface area contributed by atoms with E-state index in [2.05, 4.69) is 27.3 Å². The second-order valence-electron chi connectivity index (χ2n) is 7.31. The second kappa shape index (κ2) is 7.92. The van der Waals surface area contributed by atoms with Crippen LogP contribution in [0.5, 0.6) is 0 Å². The van der Waals surface area contributed by atoms with Crippen molar-refractivity contribution in [3.63, 3.8) is 0 Å². The first-order chi connectivity index (χ1) is 13.2. The van der Waals surface area contributed by atoms with Gasteiger partial charge in [0.1, 0.15) is 0 Å². The Morgan fingerprint density at radius 3 is 2.81 bits per heavy atom. The number of nitrogens with one attached hydrogen (secondary N) is 1. The first-order valence-corrected chi connectivity index (χ1v) is 9.69. The van der Waals surface area contributed by atoms with E-state index < -0.39 is 0 Å². The van der Waals surface area contributed by atoms with Crippen molar-refractivity contribution < 1.29 is 4.79 Å². The van der Waals surface area contributed by atoms with Crippen LogP contribution in [0.25, 0.3) is 10.9 Å². The molecule has 2 aromatic heterocycles. The third-order valence-corrected chi connectivity index (χ3v) is 5.51. The maximum Gasteiger partial charge on any atom is 0.251 e. The molecule has 0 aliphatic carbocycles. The van der Waals surface area contributed by atoms with Crippen molar-refractivity contribution >= 4 is 16.8 Å². The molecule has 0 saturated carbocycles. The van der Waals surface area contributed by atoms with Crippen molar-refractivity contribution in [1.29, 1.82) is 0 Å². The maximum atomic E-state index is 12.8. The van der Waals surface area contributed by atoms with Crippen molar-refractivity contribution in [3.8, 4) is 0 Å². The summed E-state index contributed by atoms with van der Waals surface area (Å²) in [5.41, 5.74) is 2.94. The Hall–Kier alpha value is -2.66. The molecule has 4 rings (SSSR count). The molecule has 3 aromatic rings. The van der Waals surface area contributed by atoms with Crippen LogP contribution < -0.4 is 5.32 Å². The maximum absolute atomic E-state index is 12.8. The van der Waals surface area contributed by atoms with Crippen molar-refractivity contribution in [2.45, 2.75) is 25.3 Å². The van der Waals surface area contributed by atoms with Gasteiger partial charge in [-0.15, -0.1) is 0 Å². The zero-order valence-electron chi connectivity index (χ0n) is 15.8. The Morgan fingerprint density at radius 2 is 2.04 bits per heavy atom. The number of aromatic nitrogens is 2. The van der Waals surface area contributed by atoms with Crippen LogP contribution >= 0.6 is 0 Å². The van der Waals surface area contributed by atoms with E-state index in [0.29, 0.717) is 12.1 Å². The highest BCUT2D eigenvalue weighted by molar-refractivity contribution is 5.98. The number of piperidine rings is 1. The monoisotopic (exact) mass is 362 g/mol. The molecule has 1 aromatic carbocycles. The number of benzene rings is 1. The minimum absolute atomic E-state index is 0.0241. The molecule has 3 heterocycles. The molecule has 1 N–H and O–H groups in total. The van der Waals surface area contributed by atoms with Gasteiger partial charge in [-0.25, -0.2) is 0 Å². The van der Waals surface area contributed by atoms with Crippen LogP contribution in [-0.2, 0) is 7.05 Å². The summed E-state index contributed by atoms with van der Waals surface area (Å²) in [7, 11) is 2.00. The van der Waals surface area contributed by atoms with Gasteiger partial charge in [-0.2, -0.15) is 0 Å². The van der Waals surface area contributed by atoms with Crippen molar-refractivity contribution in [3.05, 3.63) is 66.1 Å². The third-order valence-electron chi connectivity index (χ3n) is 5.51. The zero-order chi connectivity index (χ0) is 18.6. The molecule has 5 heteroatoms. The van der Waals surface area contributed by atoms with Gasteiger partial charge in [0.15, 0.2) is 0 Å². The quantitative estimate of drug-likeness (QED) is 0.755. The molecular formula is C22H26N4O. The molecule has 0 unspecified atom stereocenters. The van der Waals surface area contributed by atoms with Crippen LogP contribution in [0.2, 0.25) is 0 Å². The summed E-state index contributed by atoms with van der Waals surface area (Å²) >= 11 is 0. The number of likely N-dealkylation sites (tertiary alicyclic amines) is 1. The SMILES string of the molecule is Cn1ccc2ccc(C(=O)NC[C@@H](c3cccnc3)N3CCCCC3)cc21. The van der Waals surface area contributed by atoms with E-state index in [1.165, 1.54) is 19.3 Å². The molecule has 1 amide bonds. The highest BCUT2D eigenvalue weighted by atomic mass is 16.1. The third kappa shape index (κ3) is 3.88. The second-order valence-corrected chi connectivity index (χ2v) is 7.31. The summed E-state index contributed by atoms with van der Waals surface area (Å²) in [6.45, 7) is 2.74. The van der Waals surface area contributed by atoms with Crippen LogP contribution in [0.1, 0.15) is 41.2 Å². The standard InChI is InChI=1S/C22H26N4O/c1-25-13-9-17-7-8-18(14-20(17)25)22(27)24-16-21(19-6-5-10-23-15-19)26-11-3-2-4-12-26/h5-10,13-15,21H,2-4,11-12,16H2,1H3,(H,24,27)/t21-/m0/s1. The summed E-state index contributed by atoms with van der Waals surface area (Å²) in [6, 6.07) is 12.2. The molecule has 0 bridgehead atoms. The Morgan fingerprint density at radius 1 is 1.19 bits per heavy atom. The number of nitrogens with zero attached hydrogens (tertiary/aromatic N) is 3. The van der Waals surface area contributed by atoms with E-state index in [-0.39, 0.29) is 11.9 Å². The molecule has 1 fully saturated rings. The summed E-state index contributed by atoms with van der Waals surface area (Å²) in [6.07, 6.45) is 9.45. The highest BCUT2D eigenvalue weighted by Gasteiger charge is 2.23. The lowest BCUT2D eigenvalue weighted by atomic mass is 10.0. The van der Waals surface area contributed by atoms with Crippen LogP contribution in [0.15, 0.2) is 55.0 Å². The minimum Gasteiger partial charge on any atom is -0.351 e. The molecule has 5 nitrogen and oxygen atoms in total. The molecule has 1 saturated heterocycles. The molecular weight excluding hydrogens is 336 g/mol. The molecule has 0 spiro atoms. The van der Waals surface area contributed by atoms with Gasteiger partial charge >= 0.3 is 0 Å². The fraction of sp³-hybridized carbons (Fsp3) is 0.364. The van der Waals surface area contributed by atoms with E-state index in [1.54, 1.807) is 6.20 Å². The number of amides is 1. The number of aryl methyl sites for hydroxylation is 1. The fourth-order valence-electron chi connectivity index (χ4n) is 3.96. The zero-order valence-corrected chi connectivity index (χ0v) is 15.8. The number of carbonyl (C=O) groups is 1. The number of carbonyl (C=O) groups excluding carboxylic acids is 1. The predicted molar refractivity (Wildman–Crippen MR) is 108 cm³/mol. The highest BCUT2D eigenvalue weighted by Crippen LogP contribution is 2.24. The lowest BCUT2D eigenvalue weighted by Crippen LogP contribution is -2.40. The number of pyridine rings is 1. The Labute approximate surface area is 160 Å². The fourth-order valence-corrected chi connectivity index (χ4v) is 3.96. The number of hydrogen-bond acceptors (Lipinski definition) is 3. The Balaban J connectivity index is 1.50. The normalized spacial score (nSPS) is 16.3. The minimum atomic E-state index is -0.0241. The van der Waals surface area contributed by atoms with E-state index in [9.17, 15) is 4.79 Å². The topological polar surface area (TPSA) is 50.2 Å². The molecule has 140 valence electrons. The van der Waals surface area contributed by atoms with Gasteiger partial charge < -0.3 is 9.88 Å². The molecule has 1 aliphatic rings. The van der Waals surface area contributed by atoms with Crippen LogP contribution in [0.3, 0.4) is 0 Å². The number of rotatable bonds is 5.